The van der Waals surface area contributed by atoms with Gasteiger partial charge in [-0.2, -0.15) is 5.10 Å². The van der Waals surface area contributed by atoms with Crippen LogP contribution in [0.25, 0.3) is 0 Å². The summed E-state index contributed by atoms with van der Waals surface area (Å²) in [5, 5.41) is 19.6. The summed E-state index contributed by atoms with van der Waals surface area (Å²) in [6, 6.07) is 7.49. The van der Waals surface area contributed by atoms with Crippen LogP contribution in [0.15, 0.2) is 41.1 Å². The highest BCUT2D eigenvalue weighted by Gasteiger charge is 2.27. The maximum atomic E-state index is 12.1. The Morgan fingerprint density at radius 3 is 2.75 bits per heavy atom. The number of carbonyl (C=O) groups is 1. The van der Waals surface area contributed by atoms with Crippen LogP contribution in [-0.4, -0.2) is 39.5 Å². The van der Waals surface area contributed by atoms with Crippen molar-refractivity contribution in [2.24, 2.45) is 0 Å². The molecule has 1 fully saturated rings. The summed E-state index contributed by atoms with van der Waals surface area (Å²) in [5.41, 5.74) is 1.95. The van der Waals surface area contributed by atoms with Gasteiger partial charge in [-0.05, 0) is 46.5 Å². The SMILES string of the molecule is Cl.O=C(Nc1ccc(CCn2cc(Br)cn2)cc1)C1CC(O)CN1. The zero-order valence-corrected chi connectivity index (χ0v) is 15.4. The molecule has 0 spiro atoms. The zero-order valence-electron chi connectivity index (χ0n) is 13.0. The summed E-state index contributed by atoms with van der Waals surface area (Å²) in [4.78, 5) is 12.1. The molecular weight excluding hydrogens is 396 g/mol. The monoisotopic (exact) mass is 414 g/mol. The van der Waals surface area contributed by atoms with Crippen LogP contribution in [0.2, 0.25) is 0 Å². The quantitative estimate of drug-likeness (QED) is 0.698. The van der Waals surface area contributed by atoms with E-state index < -0.39 is 6.10 Å². The molecule has 0 aliphatic carbocycles. The van der Waals surface area contributed by atoms with Crippen molar-refractivity contribution in [3.8, 4) is 0 Å². The first-order valence-electron chi connectivity index (χ1n) is 7.59. The number of nitrogens with one attached hydrogen (secondary N) is 2. The molecule has 24 heavy (non-hydrogen) atoms. The van der Waals surface area contributed by atoms with E-state index >= 15 is 0 Å². The Morgan fingerprint density at radius 2 is 2.17 bits per heavy atom. The Hall–Kier alpha value is -1.41. The Labute approximate surface area is 155 Å². The third-order valence-electron chi connectivity index (χ3n) is 3.88. The van der Waals surface area contributed by atoms with E-state index in [0.717, 1.165) is 23.1 Å². The van der Waals surface area contributed by atoms with E-state index in [1.807, 2.05) is 35.1 Å². The number of aryl methyl sites for hydroxylation is 2. The Bertz CT molecular complexity index is 677. The average molecular weight is 416 g/mol. The number of aliphatic hydroxyl groups excluding tert-OH is 1. The molecule has 0 saturated carbocycles. The minimum Gasteiger partial charge on any atom is -0.392 e. The van der Waals surface area contributed by atoms with Gasteiger partial charge < -0.3 is 15.7 Å². The molecule has 2 heterocycles. The molecule has 3 N–H and O–H groups in total. The average Bonchev–Trinajstić information content (AvgIpc) is 3.15. The molecule has 0 bridgehead atoms. The number of anilines is 1. The second kappa shape index (κ2) is 8.62. The van der Waals surface area contributed by atoms with Gasteiger partial charge >= 0.3 is 0 Å². The van der Waals surface area contributed by atoms with E-state index in [4.69, 9.17) is 0 Å². The number of β-amino-alcohol motifs (C(OH)–C–C–N with tert-alkyl or cyclic N) is 1. The summed E-state index contributed by atoms with van der Waals surface area (Å²) >= 11 is 3.38. The highest BCUT2D eigenvalue weighted by molar-refractivity contribution is 9.10. The number of rotatable bonds is 5. The van der Waals surface area contributed by atoms with Gasteiger partial charge in [0.1, 0.15) is 0 Å². The summed E-state index contributed by atoms with van der Waals surface area (Å²) in [7, 11) is 0. The number of halogens is 2. The van der Waals surface area contributed by atoms with Crippen molar-refractivity contribution < 1.29 is 9.90 Å². The fourth-order valence-electron chi connectivity index (χ4n) is 2.61. The van der Waals surface area contributed by atoms with Crippen LogP contribution < -0.4 is 10.6 Å². The van der Waals surface area contributed by atoms with Crippen molar-refractivity contribution in [3.63, 3.8) is 0 Å². The van der Waals surface area contributed by atoms with Gasteiger partial charge in [-0.3, -0.25) is 9.48 Å². The van der Waals surface area contributed by atoms with Crippen LogP contribution >= 0.6 is 28.3 Å². The molecule has 8 heteroatoms. The number of aromatic nitrogens is 2. The third-order valence-corrected chi connectivity index (χ3v) is 4.29. The lowest BCUT2D eigenvalue weighted by Gasteiger charge is -2.11. The normalized spacial score (nSPS) is 19.8. The maximum absolute atomic E-state index is 12.1. The van der Waals surface area contributed by atoms with Crippen LogP contribution in [0.5, 0.6) is 0 Å². The lowest BCUT2D eigenvalue weighted by atomic mass is 10.1. The number of aliphatic hydroxyl groups is 1. The van der Waals surface area contributed by atoms with Crippen molar-refractivity contribution in [2.75, 3.05) is 11.9 Å². The van der Waals surface area contributed by atoms with Crippen LogP contribution in [0, 0.1) is 0 Å². The lowest BCUT2D eigenvalue weighted by molar-refractivity contribution is -0.117. The second-order valence-corrected chi connectivity index (χ2v) is 6.62. The van der Waals surface area contributed by atoms with E-state index in [0.29, 0.717) is 13.0 Å². The molecule has 1 saturated heterocycles. The van der Waals surface area contributed by atoms with Crippen LogP contribution in [-0.2, 0) is 17.8 Å². The van der Waals surface area contributed by atoms with Crippen LogP contribution in [0.3, 0.4) is 0 Å². The molecule has 1 amide bonds. The Kier molecular flexibility index (Phi) is 6.79. The summed E-state index contributed by atoms with van der Waals surface area (Å²) in [6.07, 6.45) is 4.61. The Balaban J connectivity index is 0.00000208. The van der Waals surface area contributed by atoms with Crippen LogP contribution in [0.1, 0.15) is 12.0 Å². The van der Waals surface area contributed by atoms with Crippen LogP contribution in [0.4, 0.5) is 5.69 Å². The van der Waals surface area contributed by atoms with Crippen molar-refractivity contribution >= 4 is 39.9 Å². The molecule has 1 aromatic heterocycles. The summed E-state index contributed by atoms with van der Waals surface area (Å²) < 4.78 is 2.86. The number of benzene rings is 1. The smallest absolute Gasteiger partial charge is 0.241 e. The second-order valence-electron chi connectivity index (χ2n) is 5.71. The van der Waals surface area contributed by atoms with Crippen molar-refractivity contribution in [1.29, 1.82) is 0 Å². The van der Waals surface area contributed by atoms with Crippen molar-refractivity contribution in [1.82, 2.24) is 15.1 Å². The molecule has 0 radical (unpaired) electrons. The van der Waals surface area contributed by atoms with Gasteiger partial charge in [-0.1, -0.05) is 12.1 Å². The molecule has 2 unspecified atom stereocenters. The minimum atomic E-state index is -0.435. The molecule has 6 nitrogen and oxygen atoms in total. The van der Waals surface area contributed by atoms with Crippen molar-refractivity contribution in [2.45, 2.75) is 31.5 Å². The van der Waals surface area contributed by atoms with Crippen molar-refractivity contribution in [3.05, 3.63) is 46.7 Å². The molecule has 3 rings (SSSR count). The lowest BCUT2D eigenvalue weighted by Crippen LogP contribution is -2.35. The highest BCUT2D eigenvalue weighted by Crippen LogP contribution is 2.14. The molecule has 1 aromatic carbocycles. The van der Waals surface area contributed by atoms with Gasteiger partial charge in [0, 0.05) is 25.0 Å². The first-order chi connectivity index (χ1) is 11.1. The fraction of sp³-hybridized carbons (Fsp3) is 0.375. The molecular formula is C16H20BrClN4O2. The highest BCUT2D eigenvalue weighted by atomic mass is 79.9. The molecule has 2 atom stereocenters. The molecule has 2 aromatic rings. The zero-order chi connectivity index (χ0) is 16.2. The fourth-order valence-corrected chi connectivity index (χ4v) is 2.93. The molecule has 1 aliphatic rings. The number of hydrogen-bond donors (Lipinski definition) is 3. The van der Waals surface area contributed by atoms with E-state index in [1.54, 1.807) is 6.20 Å². The van der Waals surface area contributed by atoms with Gasteiger partial charge in [0.05, 0.1) is 22.8 Å². The standard InChI is InChI=1S/C16H19BrN4O2.ClH/c17-12-8-19-21(10-12)6-5-11-1-3-13(4-2-11)20-16(23)15-7-14(22)9-18-15;/h1-4,8,10,14-15,18,22H,5-7,9H2,(H,20,23);1H. The number of amides is 1. The van der Waals surface area contributed by atoms with Gasteiger partial charge in [0.25, 0.3) is 0 Å². The largest absolute Gasteiger partial charge is 0.392 e. The van der Waals surface area contributed by atoms with Gasteiger partial charge in [-0.25, -0.2) is 0 Å². The Morgan fingerprint density at radius 1 is 1.42 bits per heavy atom. The first kappa shape index (κ1) is 18.9. The topological polar surface area (TPSA) is 79.2 Å². The predicted octanol–water partition coefficient (Wildman–Crippen LogP) is 1.97. The maximum Gasteiger partial charge on any atom is 0.241 e. The number of carbonyl (C=O) groups excluding carboxylic acids is 1. The van der Waals surface area contributed by atoms with E-state index in [-0.39, 0.29) is 24.4 Å². The molecule has 130 valence electrons. The van der Waals surface area contributed by atoms with E-state index in [2.05, 4.69) is 31.7 Å². The van der Waals surface area contributed by atoms with E-state index in [9.17, 15) is 9.90 Å². The summed E-state index contributed by atoms with van der Waals surface area (Å²) in [5.74, 6) is -0.101. The number of hydrogen-bond acceptors (Lipinski definition) is 4. The predicted molar refractivity (Wildman–Crippen MR) is 98.4 cm³/mol. The van der Waals surface area contributed by atoms with Gasteiger partial charge in [-0.15, -0.1) is 12.4 Å². The summed E-state index contributed by atoms with van der Waals surface area (Å²) in [6.45, 7) is 1.28. The van der Waals surface area contributed by atoms with Gasteiger partial charge in [0.15, 0.2) is 0 Å². The minimum absolute atomic E-state index is 0. The molecule has 1 aliphatic heterocycles. The van der Waals surface area contributed by atoms with E-state index in [1.165, 1.54) is 5.56 Å². The van der Waals surface area contributed by atoms with Gasteiger partial charge in [0.2, 0.25) is 5.91 Å². The third kappa shape index (κ3) is 5.04. The first-order valence-corrected chi connectivity index (χ1v) is 8.38. The number of nitrogens with zero attached hydrogens (tertiary/aromatic N) is 2.